The van der Waals surface area contributed by atoms with Crippen LogP contribution in [0.25, 0.3) is 0 Å². The van der Waals surface area contributed by atoms with Crippen molar-refractivity contribution in [1.82, 2.24) is 14.1 Å². The Balaban J connectivity index is 1.48. The lowest BCUT2D eigenvalue weighted by molar-refractivity contribution is -0.138. The Morgan fingerprint density at radius 2 is 1.61 bits per heavy atom. The van der Waals surface area contributed by atoms with Gasteiger partial charge in [-0.25, -0.2) is 21.5 Å². The van der Waals surface area contributed by atoms with Crippen LogP contribution < -0.4 is 0 Å². The standard InChI is InChI=1S/C19H27F2N3O3S/c20-18(21)14-22-10-12-23(13-11-22)19(25)17-6-8-24(9-7-17)28(26,27)15-16-4-2-1-3-5-16/h1-5,17-18H,6-15H2. The second-order valence-electron chi connectivity index (χ2n) is 7.43. The first-order valence-electron chi connectivity index (χ1n) is 9.66. The number of nitrogens with zero attached hydrogens (tertiary/aromatic N) is 3. The van der Waals surface area contributed by atoms with Crippen molar-refractivity contribution in [2.24, 2.45) is 5.92 Å². The average molecular weight is 416 g/mol. The summed E-state index contributed by atoms with van der Waals surface area (Å²) in [6.45, 7) is 2.27. The van der Waals surface area contributed by atoms with Crippen LogP contribution in [-0.2, 0) is 20.6 Å². The largest absolute Gasteiger partial charge is 0.340 e. The number of piperidine rings is 1. The topological polar surface area (TPSA) is 60.9 Å². The van der Waals surface area contributed by atoms with E-state index in [0.717, 1.165) is 5.56 Å². The van der Waals surface area contributed by atoms with Crippen molar-refractivity contribution in [3.05, 3.63) is 35.9 Å². The van der Waals surface area contributed by atoms with E-state index in [1.165, 1.54) is 4.31 Å². The molecule has 0 bridgehead atoms. The molecule has 1 aromatic carbocycles. The lowest BCUT2D eigenvalue weighted by atomic mass is 9.96. The van der Waals surface area contributed by atoms with Crippen LogP contribution in [0, 0.1) is 5.92 Å². The van der Waals surface area contributed by atoms with E-state index in [1.54, 1.807) is 21.9 Å². The zero-order valence-electron chi connectivity index (χ0n) is 15.8. The van der Waals surface area contributed by atoms with E-state index in [1.807, 2.05) is 18.2 Å². The molecule has 0 aromatic heterocycles. The third-order valence-corrected chi connectivity index (χ3v) is 7.32. The predicted molar refractivity (Wildman–Crippen MR) is 102 cm³/mol. The summed E-state index contributed by atoms with van der Waals surface area (Å²) in [5.74, 6) is -0.194. The van der Waals surface area contributed by atoms with Gasteiger partial charge in [-0.05, 0) is 18.4 Å². The van der Waals surface area contributed by atoms with Crippen molar-refractivity contribution in [3.63, 3.8) is 0 Å². The second kappa shape index (κ2) is 9.28. The molecule has 1 aromatic rings. The fraction of sp³-hybridized carbons (Fsp3) is 0.632. The SMILES string of the molecule is O=C(C1CCN(S(=O)(=O)Cc2ccccc2)CC1)N1CCN(CC(F)F)CC1. The first-order valence-corrected chi connectivity index (χ1v) is 11.3. The zero-order valence-corrected chi connectivity index (χ0v) is 16.7. The van der Waals surface area contributed by atoms with Crippen molar-refractivity contribution in [2.75, 3.05) is 45.8 Å². The number of benzene rings is 1. The number of piperazine rings is 1. The number of hydrogen-bond acceptors (Lipinski definition) is 4. The highest BCUT2D eigenvalue weighted by atomic mass is 32.2. The summed E-state index contributed by atoms with van der Waals surface area (Å²) < 4.78 is 51.6. The van der Waals surface area contributed by atoms with Gasteiger partial charge in [-0.1, -0.05) is 30.3 Å². The number of carbonyl (C=O) groups excluding carboxylic acids is 1. The van der Waals surface area contributed by atoms with E-state index in [-0.39, 0.29) is 24.1 Å². The van der Waals surface area contributed by atoms with Crippen molar-refractivity contribution < 1.29 is 22.0 Å². The van der Waals surface area contributed by atoms with Crippen molar-refractivity contribution >= 4 is 15.9 Å². The van der Waals surface area contributed by atoms with Gasteiger partial charge in [-0.3, -0.25) is 9.69 Å². The highest BCUT2D eigenvalue weighted by Gasteiger charge is 2.34. The van der Waals surface area contributed by atoms with Crippen LogP contribution in [0.5, 0.6) is 0 Å². The maximum atomic E-state index is 12.7. The van der Waals surface area contributed by atoms with E-state index in [9.17, 15) is 22.0 Å². The number of rotatable bonds is 6. The van der Waals surface area contributed by atoms with Crippen molar-refractivity contribution in [1.29, 1.82) is 0 Å². The first kappa shape index (κ1) is 21.1. The molecule has 2 saturated heterocycles. The molecule has 2 heterocycles. The maximum absolute atomic E-state index is 12.7. The van der Waals surface area contributed by atoms with Gasteiger partial charge in [0.2, 0.25) is 15.9 Å². The molecule has 0 atom stereocenters. The fourth-order valence-electron chi connectivity index (χ4n) is 3.86. The first-order chi connectivity index (χ1) is 13.3. The summed E-state index contributed by atoms with van der Waals surface area (Å²) in [7, 11) is -3.40. The van der Waals surface area contributed by atoms with Crippen LogP contribution >= 0.6 is 0 Å². The number of alkyl halides is 2. The summed E-state index contributed by atoms with van der Waals surface area (Å²) in [4.78, 5) is 16.1. The molecule has 0 spiro atoms. The Labute approximate surface area is 165 Å². The molecule has 28 heavy (non-hydrogen) atoms. The Morgan fingerprint density at radius 1 is 1.00 bits per heavy atom. The smallest absolute Gasteiger partial charge is 0.251 e. The number of hydrogen-bond donors (Lipinski definition) is 0. The normalized spacial score (nSPS) is 20.6. The van der Waals surface area contributed by atoms with Crippen LogP contribution in [0.1, 0.15) is 18.4 Å². The molecule has 6 nitrogen and oxygen atoms in total. The number of carbonyl (C=O) groups is 1. The van der Waals surface area contributed by atoms with Crippen LogP contribution in [0.3, 0.4) is 0 Å². The van der Waals surface area contributed by atoms with E-state index in [4.69, 9.17) is 0 Å². The highest BCUT2D eigenvalue weighted by molar-refractivity contribution is 7.88. The van der Waals surface area contributed by atoms with Crippen LogP contribution in [0.15, 0.2) is 30.3 Å². The molecule has 2 aliphatic heterocycles. The van der Waals surface area contributed by atoms with Crippen molar-refractivity contribution in [2.45, 2.75) is 25.0 Å². The molecule has 2 aliphatic rings. The lowest BCUT2D eigenvalue weighted by Crippen LogP contribution is -2.52. The molecular weight excluding hydrogens is 388 g/mol. The number of sulfonamides is 1. The van der Waals surface area contributed by atoms with Gasteiger partial charge in [0.05, 0.1) is 12.3 Å². The minimum atomic E-state index is -3.40. The summed E-state index contributed by atoms with van der Waals surface area (Å²) in [6, 6.07) is 9.07. The molecule has 3 rings (SSSR count). The molecule has 0 N–H and O–H groups in total. The Kier molecular flexibility index (Phi) is 7.00. The summed E-state index contributed by atoms with van der Waals surface area (Å²) in [6.07, 6.45) is -1.35. The van der Waals surface area contributed by atoms with E-state index in [0.29, 0.717) is 52.1 Å². The number of halogens is 2. The lowest BCUT2D eigenvalue weighted by Gasteiger charge is -2.38. The van der Waals surface area contributed by atoms with E-state index >= 15 is 0 Å². The summed E-state index contributed by atoms with van der Waals surface area (Å²) in [5.41, 5.74) is 0.752. The molecule has 0 radical (unpaired) electrons. The van der Waals surface area contributed by atoms with E-state index in [2.05, 4.69) is 0 Å². The van der Waals surface area contributed by atoms with Gasteiger partial charge >= 0.3 is 0 Å². The van der Waals surface area contributed by atoms with Gasteiger partial charge in [0.1, 0.15) is 0 Å². The Hall–Kier alpha value is -1.58. The Morgan fingerprint density at radius 3 is 2.18 bits per heavy atom. The van der Waals surface area contributed by atoms with Gasteiger partial charge in [-0.2, -0.15) is 0 Å². The average Bonchev–Trinajstić information content (AvgIpc) is 2.68. The zero-order chi connectivity index (χ0) is 20.1. The van der Waals surface area contributed by atoms with Crippen LogP contribution in [0.2, 0.25) is 0 Å². The summed E-state index contributed by atoms with van der Waals surface area (Å²) >= 11 is 0. The van der Waals surface area contributed by atoms with Crippen LogP contribution in [-0.4, -0.2) is 80.7 Å². The predicted octanol–water partition coefficient (Wildman–Crippen LogP) is 1.64. The molecular formula is C19H27F2N3O3S. The molecule has 156 valence electrons. The van der Waals surface area contributed by atoms with Crippen LogP contribution in [0.4, 0.5) is 8.78 Å². The third-order valence-electron chi connectivity index (χ3n) is 5.47. The van der Waals surface area contributed by atoms with Gasteiger partial charge in [0.15, 0.2) is 0 Å². The Bertz CT molecular complexity index is 745. The molecule has 0 aliphatic carbocycles. The molecule has 9 heteroatoms. The fourth-order valence-corrected chi connectivity index (χ4v) is 5.42. The van der Waals surface area contributed by atoms with Gasteiger partial charge in [0, 0.05) is 45.2 Å². The summed E-state index contributed by atoms with van der Waals surface area (Å²) in [5, 5.41) is 0. The highest BCUT2D eigenvalue weighted by Crippen LogP contribution is 2.24. The van der Waals surface area contributed by atoms with Gasteiger partial charge in [-0.15, -0.1) is 0 Å². The van der Waals surface area contributed by atoms with Gasteiger partial charge < -0.3 is 4.90 Å². The van der Waals surface area contributed by atoms with Crippen molar-refractivity contribution in [3.8, 4) is 0 Å². The molecule has 0 unspecified atom stereocenters. The molecule has 2 fully saturated rings. The third kappa shape index (κ3) is 5.48. The number of amides is 1. The van der Waals surface area contributed by atoms with E-state index < -0.39 is 16.4 Å². The minimum Gasteiger partial charge on any atom is -0.340 e. The quantitative estimate of drug-likeness (QED) is 0.709. The maximum Gasteiger partial charge on any atom is 0.251 e. The molecule has 1 amide bonds. The molecule has 0 saturated carbocycles. The minimum absolute atomic E-state index is 0.0248. The monoisotopic (exact) mass is 415 g/mol. The van der Waals surface area contributed by atoms with Gasteiger partial charge in [0.25, 0.3) is 6.43 Å². The second-order valence-corrected chi connectivity index (χ2v) is 9.40.